The molecule has 108 valence electrons. The van der Waals surface area contributed by atoms with E-state index in [1.54, 1.807) is 7.11 Å². The minimum atomic E-state index is 0.228. The number of methoxy groups -OCH3 is 1. The molecule has 1 unspecified atom stereocenters. The third kappa shape index (κ3) is 4.67. The first-order valence-electron chi connectivity index (χ1n) is 6.56. The molecule has 4 nitrogen and oxygen atoms in total. The maximum absolute atomic E-state index is 5.64. The maximum atomic E-state index is 5.64. The molecule has 0 fully saturated rings. The molecule has 0 aliphatic heterocycles. The van der Waals surface area contributed by atoms with Crippen LogP contribution in [0.5, 0.6) is 5.75 Å². The number of hydrazine groups is 1. The smallest absolute Gasteiger partial charge is 0.128 e. The number of hydrogen-bond acceptors (Lipinski definition) is 5. The van der Waals surface area contributed by atoms with E-state index in [4.69, 9.17) is 10.6 Å². The molecule has 0 aliphatic carbocycles. The minimum Gasteiger partial charge on any atom is -0.496 e. The molecule has 0 radical (unpaired) electrons. The molecule has 0 saturated heterocycles. The van der Waals surface area contributed by atoms with Crippen LogP contribution >= 0.6 is 11.8 Å². The van der Waals surface area contributed by atoms with Gasteiger partial charge in [-0.25, -0.2) is 0 Å². The fourth-order valence-electron chi connectivity index (χ4n) is 1.98. The highest BCUT2D eigenvalue weighted by Crippen LogP contribution is 2.25. The predicted octanol–water partition coefficient (Wildman–Crippen LogP) is 2.22. The van der Waals surface area contributed by atoms with Gasteiger partial charge in [-0.15, -0.1) is 0 Å². The summed E-state index contributed by atoms with van der Waals surface area (Å²) in [5.41, 5.74) is 6.11. The summed E-state index contributed by atoms with van der Waals surface area (Å²) in [7, 11) is 1.70. The van der Waals surface area contributed by atoms with Crippen LogP contribution in [0, 0.1) is 13.8 Å². The Labute approximate surface area is 120 Å². The van der Waals surface area contributed by atoms with Gasteiger partial charge in [-0.1, -0.05) is 13.8 Å². The summed E-state index contributed by atoms with van der Waals surface area (Å²) in [6.07, 6.45) is 2.68. The third-order valence-electron chi connectivity index (χ3n) is 3.06. The molecule has 1 aromatic rings. The van der Waals surface area contributed by atoms with E-state index < -0.39 is 0 Å². The minimum absolute atomic E-state index is 0.228. The average molecular weight is 283 g/mol. The van der Waals surface area contributed by atoms with Crippen molar-refractivity contribution in [1.82, 2.24) is 10.4 Å². The number of hydrogen-bond donors (Lipinski definition) is 2. The number of nitrogens with zero attached hydrogens (tertiary/aromatic N) is 1. The summed E-state index contributed by atoms with van der Waals surface area (Å²) in [5, 5.41) is 0.609. The molecule has 0 saturated carbocycles. The summed E-state index contributed by atoms with van der Waals surface area (Å²) >= 11 is 1.90. The number of aromatic nitrogens is 1. The first kappa shape index (κ1) is 16.3. The van der Waals surface area contributed by atoms with E-state index in [0.29, 0.717) is 5.25 Å². The molecule has 0 bridgehead atoms. The normalized spacial score (nSPS) is 12.8. The van der Waals surface area contributed by atoms with Gasteiger partial charge in [0.1, 0.15) is 5.75 Å². The molecule has 1 aromatic heterocycles. The first-order valence-corrected chi connectivity index (χ1v) is 7.61. The maximum Gasteiger partial charge on any atom is 0.128 e. The van der Waals surface area contributed by atoms with Crippen molar-refractivity contribution in [3.05, 3.63) is 23.0 Å². The van der Waals surface area contributed by atoms with E-state index in [-0.39, 0.29) is 6.04 Å². The van der Waals surface area contributed by atoms with Crippen LogP contribution < -0.4 is 16.0 Å². The van der Waals surface area contributed by atoms with Gasteiger partial charge in [-0.05, 0) is 19.1 Å². The Balaban J connectivity index is 2.80. The lowest BCUT2D eigenvalue weighted by Crippen LogP contribution is -2.39. The van der Waals surface area contributed by atoms with Crippen molar-refractivity contribution >= 4 is 11.8 Å². The number of ether oxygens (including phenoxy) is 1. The Kier molecular flexibility index (Phi) is 6.62. The van der Waals surface area contributed by atoms with E-state index in [2.05, 4.69) is 31.2 Å². The fourth-order valence-corrected chi connectivity index (χ4v) is 2.82. The standard InChI is InChI=1S/C14H25N3OS/c1-9(2)19-8-12(17-15)6-13-11(4)14(18-5)10(3)7-16-13/h7,9,12,17H,6,8,15H2,1-5H3. The molecule has 0 amide bonds. The highest BCUT2D eigenvalue weighted by Gasteiger charge is 2.15. The molecule has 0 spiro atoms. The Morgan fingerprint density at radius 3 is 2.63 bits per heavy atom. The predicted molar refractivity (Wildman–Crippen MR) is 82.7 cm³/mol. The summed E-state index contributed by atoms with van der Waals surface area (Å²) < 4.78 is 5.43. The van der Waals surface area contributed by atoms with Crippen molar-refractivity contribution in [2.45, 2.75) is 45.4 Å². The second-order valence-electron chi connectivity index (χ2n) is 5.00. The second-order valence-corrected chi connectivity index (χ2v) is 6.61. The van der Waals surface area contributed by atoms with Crippen molar-refractivity contribution in [3.8, 4) is 5.75 Å². The SMILES string of the molecule is COc1c(C)cnc(CC(CSC(C)C)NN)c1C. The molecular formula is C14H25N3OS. The first-order chi connectivity index (χ1) is 8.99. The second kappa shape index (κ2) is 7.72. The quantitative estimate of drug-likeness (QED) is 0.593. The van der Waals surface area contributed by atoms with Crippen LogP contribution in [0.1, 0.15) is 30.7 Å². The largest absolute Gasteiger partial charge is 0.496 e. The van der Waals surface area contributed by atoms with Crippen molar-refractivity contribution in [2.24, 2.45) is 5.84 Å². The topological polar surface area (TPSA) is 60.2 Å². The fraction of sp³-hybridized carbons (Fsp3) is 0.643. The Morgan fingerprint density at radius 2 is 2.11 bits per heavy atom. The van der Waals surface area contributed by atoms with Gasteiger partial charge in [0, 0.05) is 41.2 Å². The summed E-state index contributed by atoms with van der Waals surface area (Å²) in [5.74, 6) is 7.54. The molecule has 5 heteroatoms. The van der Waals surface area contributed by atoms with Gasteiger partial charge in [-0.2, -0.15) is 11.8 Å². The summed E-state index contributed by atoms with van der Waals surface area (Å²) in [6, 6.07) is 0.228. The molecule has 0 aromatic carbocycles. The number of thioether (sulfide) groups is 1. The zero-order chi connectivity index (χ0) is 14.4. The van der Waals surface area contributed by atoms with Gasteiger partial charge in [0.15, 0.2) is 0 Å². The van der Waals surface area contributed by atoms with E-state index in [1.807, 2.05) is 24.9 Å². The number of nitrogens with one attached hydrogen (secondary N) is 1. The zero-order valence-corrected chi connectivity index (χ0v) is 13.3. The molecule has 0 aliphatic rings. The zero-order valence-electron chi connectivity index (χ0n) is 12.5. The van der Waals surface area contributed by atoms with Crippen molar-refractivity contribution in [3.63, 3.8) is 0 Å². The highest BCUT2D eigenvalue weighted by atomic mass is 32.2. The van der Waals surface area contributed by atoms with Crippen LogP contribution in [0.3, 0.4) is 0 Å². The lowest BCUT2D eigenvalue weighted by molar-refractivity contribution is 0.406. The molecule has 3 N–H and O–H groups in total. The van der Waals surface area contributed by atoms with E-state index in [0.717, 1.165) is 34.7 Å². The summed E-state index contributed by atoms with van der Waals surface area (Å²) in [6.45, 7) is 8.44. The van der Waals surface area contributed by atoms with Crippen LogP contribution in [-0.2, 0) is 6.42 Å². The van der Waals surface area contributed by atoms with Crippen molar-refractivity contribution in [2.75, 3.05) is 12.9 Å². The van der Waals surface area contributed by atoms with Crippen molar-refractivity contribution in [1.29, 1.82) is 0 Å². The van der Waals surface area contributed by atoms with Crippen LogP contribution in [0.25, 0.3) is 0 Å². The lowest BCUT2D eigenvalue weighted by Gasteiger charge is -2.19. The molecule has 1 atom stereocenters. The summed E-state index contributed by atoms with van der Waals surface area (Å²) in [4.78, 5) is 4.52. The van der Waals surface area contributed by atoms with E-state index >= 15 is 0 Å². The van der Waals surface area contributed by atoms with Crippen LogP contribution in [-0.4, -0.2) is 29.1 Å². The van der Waals surface area contributed by atoms with Gasteiger partial charge in [-0.3, -0.25) is 16.3 Å². The van der Waals surface area contributed by atoms with Gasteiger partial charge >= 0.3 is 0 Å². The monoisotopic (exact) mass is 283 g/mol. The number of aryl methyl sites for hydroxylation is 1. The lowest BCUT2D eigenvalue weighted by atomic mass is 10.1. The van der Waals surface area contributed by atoms with Gasteiger partial charge in [0.25, 0.3) is 0 Å². The van der Waals surface area contributed by atoms with Crippen molar-refractivity contribution < 1.29 is 4.74 Å². The van der Waals surface area contributed by atoms with Crippen LogP contribution in [0.15, 0.2) is 6.20 Å². The highest BCUT2D eigenvalue weighted by molar-refractivity contribution is 7.99. The van der Waals surface area contributed by atoms with E-state index in [9.17, 15) is 0 Å². The third-order valence-corrected chi connectivity index (χ3v) is 4.32. The number of nitrogens with two attached hydrogens (primary N) is 1. The average Bonchev–Trinajstić information content (AvgIpc) is 2.37. The van der Waals surface area contributed by atoms with Gasteiger partial charge in [0.2, 0.25) is 0 Å². The van der Waals surface area contributed by atoms with E-state index in [1.165, 1.54) is 0 Å². The molecular weight excluding hydrogens is 258 g/mol. The molecule has 19 heavy (non-hydrogen) atoms. The van der Waals surface area contributed by atoms with Gasteiger partial charge < -0.3 is 4.74 Å². The van der Waals surface area contributed by atoms with Crippen LogP contribution in [0.2, 0.25) is 0 Å². The Hall–Kier alpha value is -0.780. The number of rotatable bonds is 7. The number of pyridine rings is 1. The Bertz CT molecular complexity index is 410. The molecule has 1 heterocycles. The van der Waals surface area contributed by atoms with Crippen LogP contribution in [0.4, 0.5) is 0 Å². The van der Waals surface area contributed by atoms with Gasteiger partial charge in [0.05, 0.1) is 7.11 Å². The molecule has 1 rings (SSSR count). The Morgan fingerprint density at radius 1 is 1.42 bits per heavy atom.